The average Bonchev–Trinajstić information content (AvgIpc) is 2.61. The summed E-state index contributed by atoms with van der Waals surface area (Å²) in [5, 5.41) is 9.03. The van der Waals surface area contributed by atoms with E-state index in [-0.39, 0.29) is 0 Å². The van der Waals surface area contributed by atoms with Crippen molar-refractivity contribution in [2.75, 3.05) is 0 Å². The zero-order valence-electron chi connectivity index (χ0n) is 9.34. The first-order valence-electron chi connectivity index (χ1n) is 5.03. The average molecular weight is 234 g/mol. The molecule has 0 unspecified atom stereocenters. The third kappa shape index (κ3) is 2.25. The van der Waals surface area contributed by atoms with Crippen molar-refractivity contribution in [2.24, 2.45) is 12.8 Å². The molecule has 2 rings (SSSR count). The zero-order chi connectivity index (χ0) is 11.5. The van der Waals surface area contributed by atoms with Gasteiger partial charge in [0.1, 0.15) is 5.82 Å². The fourth-order valence-electron chi connectivity index (χ4n) is 1.32. The van der Waals surface area contributed by atoms with E-state index in [0.717, 1.165) is 21.4 Å². The lowest BCUT2D eigenvalue weighted by Crippen LogP contribution is -1.96. The van der Waals surface area contributed by atoms with Crippen LogP contribution in [0.25, 0.3) is 0 Å². The first kappa shape index (κ1) is 11.2. The third-order valence-electron chi connectivity index (χ3n) is 2.40. The zero-order valence-corrected chi connectivity index (χ0v) is 10.2. The van der Waals surface area contributed by atoms with Crippen molar-refractivity contribution < 1.29 is 0 Å². The Morgan fingerprint density at radius 1 is 1.38 bits per heavy atom. The molecule has 0 fully saturated rings. The van der Waals surface area contributed by atoms with Gasteiger partial charge in [0.15, 0.2) is 5.16 Å². The monoisotopic (exact) mass is 234 g/mol. The molecule has 0 amide bonds. The molecular formula is C11H14N4S. The smallest absolute Gasteiger partial charge is 0.195 e. The molecule has 0 radical (unpaired) electrons. The molecule has 0 atom stereocenters. The highest BCUT2D eigenvalue weighted by atomic mass is 32.2. The highest BCUT2D eigenvalue weighted by Crippen LogP contribution is 2.26. The Bertz CT molecular complexity index is 492. The van der Waals surface area contributed by atoms with Crippen LogP contribution in [0.3, 0.4) is 0 Å². The van der Waals surface area contributed by atoms with Gasteiger partial charge in [-0.3, -0.25) is 0 Å². The Balaban J connectivity index is 2.23. The predicted octanol–water partition coefficient (Wildman–Crippen LogP) is 1.73. The Hall–Kier alpha value is -1.33. The summed E-state index contributed by atoms with van der Waals surface area (Å²) in [6, 6.07) is 8.16. The molecule has 5 heteroatoms. The minimum atomic E-state index is 0.562. The van der Waals surface area contributed by atoms with Crippen molar-refractivity contribution in [3.63, 3.8) is 0 Å². The van der Waals surface area contributed by atoms with Gasteiger partial charge in [-0.2, -0.15) is 0 Å². The van der Waals surface area contributed by atoms with E-state index in [1.54, 1.807) is 11.8 Å². The molecule has 0 bridgehead atoms. The van der Waals surface area contributed by atoms with Crippen LogP contribution in [0.5, 0.6) is 0 Å². The molecule has 84 valence electrons. The number of hydrogen-bond donors (Lipinski definition) is 1. The SMILES string of the molecule is Cc1nnc(Sc2cccc(CN)c2)n1C. The Kier molecular flexibility index (Phi) is 3.26. The fourth-order valence-corrected chi connectivity index (χ4v) is 2.24. The quantitative estimate of drug-likeness (QED) is 0.878. The van der Waals surface area contributed by atoms with E-state index in [2.05, 4.69) is 16.3 Å². The van der Waals surface area contributed by atoms with Crippen LogP contribution in [0.15, 0.2) is 34.3 Å². The van der Waals surface area contributed by atoms with Crippen LogP contribution in [-0.4, -0.2) is 14.8 Å². The maximum absolute atomic E-state index is 5.60. The normalized spacial score (nSPS) is 10.7. The number of benzene rings is 1. The summed E-state index contributed by atoms with van der Waals surface area (Å²) in [5.41, 5.74) is 6.73. The van der Waals surface area contributed by atoms with Crippen LogP contribution >= 0.6 is 11.8 Å². The van der Waals surface area contributed by atoms with Gasteiger partial charge in [-0.05, 0) is 36.4 Å². The highest BCUT2D eigenvalue weighted by Gasteiger charge is 2.06. The van der Waals surface area contributed by atoms with Gasteiger partial charge in [-0.1, -0.05) is 12.1 Å². The van der Waals surface area contributed by atoms with Crippen LogP contribution in [0.4, 0.5) is 0 Å². The summed E-state index contributed by atoms with van der Waals surface area (Å²) < 4.78 is 1.97. The summed E-state index contributed by atoms with van der Waals surface area (Å²) in [7, 11) is 1.96. The summed E-state index contributed by atoms with van der Waals surface area (Å²) in [6.45, 7) is 2.50. The number of aromatic nitrogens is 3. The molecule has 0 saturated heterocycles. The van der Waals surface area contributed by atoms with Crippen molar-refractivity contribution in [1.29, 1.82) is 0 Å². The van der Waals surface area contributed by atoms with Crippen LogP contribution in [0, 0.1) is 6.92 Å². The minimum Gasteiger partial charge on any atom is -0.326 e. The second kappa shape index (κ2) is 4.67. The van der Waals surface area contributed by atoms with Crippen LogP contribution < -0.4 is 5.73 Å². The third-order valence-corrected chi connectivity index (χ3v) is 3.42. The van der Waals surface area contributed by atoms with E-state index in [4.69, 9.17) is 5.73 Å². The maximum Gasteiger partial charge on any atom is 0.195 e. The van der Waals surface area contributed by atoms with E-state index in [1.165, 1.54) is 0 Å². The number of aryl methyl sites for hydroxylation is 1. The van der Waals surface area contributed by atoms with Crippen LogP contribution in [0.1, 0.15) is 11.4 Å². The minimum absolute atomic E-state index is 0.562. The first-order valence-corrected chi connectivity index (χ1v) is 5.85. The molecule has 1 heterocycles. The molecule has 0 saturated carbocycles. The molecule has 1 aromatic carbocycles. The molecule has 4 nitrogen and oxygen atoms in total. The molecule has 0 aliphatic carbocycles. The molecule has 2 N–H and O–H groups in total. The second-order valence-electron chi connectivity index (χ2n) is 3.54. The fraction of sp³-hybridized carbons (Fsp3) is 0.273. The van der Waals surface area contributed by atoms with Crippen LogP contribution in [-0.2, 0) is 13.6 Å². The molecule has 16 heavy (non-hydrogen) atoms. The van der Waals surface area contributed by atoms with Gasteiger partial charge in [0.05, 0.1) is 0 Å². The van der Waals surface area contributed by atoms with Gasteiger partial charge in [-0.25, -0.2) is 0 Å². The van der Waals surface area contributed by atoms with Crippen LogP contribution in [0.2, 0.25) is 0 Å². The van der Waals surface area contributed by atoms with Gasteiger partial charge in [0.2, 0.25) is 0 Å². The van der Waals surface area contributed by atoms with E-state index in [1.807, 2.05) is 36.7 Å². The number of nitrogens with zero attached hydrogens (tertiary/aromatic N) is 3. The van der Waals surface area contributed by atoms with Gasteiger partial charge < -0.3 is 10.3 Å². The molecule has 0 spiro atoms. The largest absolute Gasteiger partial charge is 0.326 e. The molecule has 1 aromatic heterocycles. The van der Waals surface area contributed by atoms with E-state index >= 15 is 0 Å². The van der Waals surface area contributed by atoms with Crippen molar-refractivity contribution >= 4 is 11.8 Å². The van der Waals surface area contributed by atoms with E-state index < -0.39 is 0 Å². The first-order chi connectivity index (χ1) is 7.70. The van der Waals surface area contributed by atoms with Crippen molar-refractivity contribution in [2.45, 2.75) is 23.5 Å². The number of rotatable bonds is 3. The summed E-state index contributed by atoms with van der Waals surface area (Å²) in [5.74, 6) is 0.914. The topological polar surface area (TPSA) is 56.7 Å². The highest BCUT2D eigenvalue weighted by molar-refractivity contribution is 7.99. The van der Waals surface area contributed by atoms with E-state index in [0.29, 0.717) is 6.54 Å². The standard InChI is InChI=1S/C11H14N4S/c1-8-13-14-11(15(8)2)16-10-5-3-4-9(6-10)7-12/h3-6H,7,12H2,1-2H3. The second-order valence-corrected chi connectivity index (χ2v) is 4.58. The lowest BCUT2D eigenvalue weighted by atomic mass is 10.2. The predicted molar refractivity (Wildman–Crippen MR) is 64.2 cm³/mol. The van der Waals surface area contributed by atoms with Crippen molar-refractivity contribution in [1.82, 2.24) is 14.8 Å². The lowest BCUT2D eigenvalue weighted by Gasteiger charge is -2.03. The maximum atomic E-state index is 5.60. The van der Waals surface area contributed by atoms with E-state index in [9.17, 15) is 0 Å². The van der Waals surface area contributed by atoms with Gasteiger partial charge in [0, 0.05) is 18.5 Å². The summed E-state index contributed by atoms with van der Waals surface area (Å²) in [6.07, 6.45) is 0. The Morgan fingerprint density at radius 2 is 2.19 bits per heavy atom. The van der Waals surface area contributed by atoms with Gasteiger partial charge in [-0.15, -0.1) is 10.2 Å². The number of hydrogen-bond acceptors (Lipinski definition) is 4. The Labute approximate surface area is 98.9 Å². The summed E-state index contributed by atoms with van der Waals surface area (Å²) >= 11 is 1.60. The summed E-state index contributed by atoms with van der Waals surface area (Å²) in [4.78, 5) is 1.14. The van der Waals surface area contributed by atoms with Crippen molar-refractivity contribution in [3.05, 3.63) is 35.7 Å². The molecule has 2 aromatic rings. The molecule has 0 aliphatic rings. The van der Waals surface area contributed by atoms with Gasteiger partial charge >= 0.3 is 0 Å². The Morgan fingerprint density at radius 3 is 2.81 bits per heavy atom. The van der Waals surface area contributed by atoms with Crippen molar-refractivity contribution in [3.8, 4) is 0 Å². The molecular weight excluding hydrogens is 220 g/mol. The lowest BCUT2D eigenvalue weighted by molar-refractivity contribution is 0.765. The van der Waals surface area contributed by atoms with Gasteiger partial charge in [0.25, 0.3) is 0 Å². The number of nitrogens with two attached hydrogens (primary N) is 1. The molecule has 0 aliphatic heterocycles.